The van der Waals surface area contributed by atoms with E-state index in [1.165, 1.54) is 14.2 Å². The first-order chi connectivity index (χ1) is 11.8. The molecule has 0 fully saturated rings. The fraction of sp³-hybridized carbons (Fsp3) is 0.308. The van der Waals surface area contributed by atoms with E-state index in [0.717, 1.165) is 10.9 Å². The van der Waals surface area contributed by atoms with Crippen LogP contribution in [0, 0.1) is 0 Å². The third-order valence-corrected chi connectivity index (χ3v) is 4.79. The van der Waals surface area contributed by atoms with Gasteiger partial charge in [0.25, 0.3) is 5.52 Å². The summed E-state index contributed by atoms with van der Waals surface area (Å²) < 4.78 is 87.7. The van der Waals surface area contributed by atoms with Crippen LogP contribution >= 0.6 is 7.82 Å². The van der Waals surface area contributed by atoms with Crippen molar-refractivity contribution in [1.29, 1.82) is 0 Å². The Bertz CT molecular complexity index is 904. The van der Waals surface area contributed by atoms with Crippen molar-refractivity contribution in [2.24, 2.45) is 7.05 Å². The van der Waals surface area contributed by atoms with Crippen LogP contribution in [0.3, 0.4) is 0 Å². The van der Waals surface area contributed by atoms with Crippen LogP contribution in [-0.2, 0) is 30.8 Å². The van der Waals surface area contributed by atoms with Gasteiger partial charge in [-0.25, -0.2) is 13.0 Å². The molecule has 1 aromatic carbocycles. The molecule has 146 valence electrons. The second-order valence-electron chi connectivity index (χ2n) is 4.62. The minimum Gasteiger partial charge on any atom is -0.741 e. The van der Waals surface area contributed by atoms with E-state index < -0.39 is 23.4 Å². The Morgan fingerprint density at radius 1 is 1.12 bits per heavy atom. The van der Waals surface area contributed by atoms with Gasteiger partial charge in [0.15, 0.2) is 16.3 Å². The highest BCUT2D eigenvalue weighted by Gasteiger charge is 2.36. The average Bonchev–Trinajstić information content (AvgIpc) is 2.54. The smallest absolute Gasteiger partial charge is 0.529 e. The van der Waals surface area contributed by atoms with E-state index in [1.807, 2.05) is 42.1 Å². The van der Waals surface area contributed by atoms with Crippen molar-refractivity contribution in [2.75, 3.05) is 14.2 Å². The molecule has 0 aliphatic heterocycles. The number of nitrogens with zero attached hydrogens (tertiary/aromatic N) is 1. The lowest BCUT2D eigenvalue weighted by Crippen LogP contribution is -2.28. The Hall–Kier alpha value is -1.72. The predicted molar refractivity (Wildman–Crippen MR) is 83.1 cm³/mol. The lowest BCUT2D eigenvalue weighted by atomic mass is 10.2. The molecule has 2 aromatic rings. The fourth-order valence-corrected chi connectivity index (χ4v) is 2.43. The fourth-order valence-electron chi connectivity index (χ4n) is 1.74. The number of fused-ring (bicyclic) bond motifs is 1. The highest BCUT2D eigenvalue weighted by molar-refractivity contribution is 7.86. The van der Waals surface area contributed by atoms with Crippen molar-refractivity contribution in [3.63, 3.8) is 0 Å². The number of alkyl halides is 3. The van der Waals surface area contributed by atoms with Crippen LogP contribution in [0.25, 0.3) is 10.9 Å². The van der Waals surface area contributed by atoms with Crippen LogP contribution in [-0.4, -0.2) is 32.7 Å². The number of pyridine rings is 1. The van der Waals surface area contributed by atoms with Crippen LogP contribution < -0.4 is 9.09 Å². The summed E-state index contributed by atoms with van der Waals surface area (Å²) in [6, 6.07) is 9.39. The molecular formula is C13H15F3NO7PS. The summed E-state index contributed by atoms with van der Waals surface area (Å²) >= 11 is 0. The molecule has 0 N–H and O–H groups in total. The van der Waals surface area contributed by atoms with Gasteiger partial charge in [-0.3, -0.25) is 9.05 Å². The zero-order valence-corrected chi connectivity index (χ0v) is 15.5. The standard InChI is InChI=1S/C12H15NO4P.CHF3O3S/c1-13-9-5-7-10-6-4-8-11(12(10)13)17-18(14,15-2)16-3;2-1(3,4)8(5,6)7/h4-9H,1-3H3;(H,5,6,7)/q+1;/p-1. The Kier molecular flexibility index (Phi) is 7.14. The molecule has 0 saturated carbocycles. The molecular weight excluding hydrogens is 402 g/mol. The molecule has 0 atom stereocenters. The molecule has 8 nitrogen and oxygen atoms in total. The zero-order chi connectivity index (χ0) is 20.2. The van der Waals surface area contributed by atoms with Crippen molar-refractivity contribution in [3.05, 3.63) is 36.5 Å². The molecule has 0 aliphatic rings. The third kappa shape index (κ3) is 5.64. The highest BCUT2D eigenvalue weighted by Crippen LogP contribution is 2.48. The number of halogens is 3. The van der Waals surface area contributed by atoms with Crippen molar-refractivity contribution >= 4 is 28.8 Å². The SMILES string of the molecule is COP(=O)(OC)Oc1cccc2ccc[n+](C)c12.O=S(=O)([O-])C(F)(F)F. The van der Waals surface area contributed by atoms with Gasteiger partial charge in [0.2, 0.25) is 5.75 Å². The molecule has 26 heavy (non-hydrogen) atoms. The van der Waals surface area contributed by atoms with Gasteiger partial charge in [0, 0.05) is 20.3 Å². The largest absolute Gasteiger partial charge is 0.741 e. The van der Waals surface area contributed by atoms with Crippen molar-refractivity contribution in [1.82, 2.24) is 0 Å². The van der Waals surface area contributed by atoms with E-state index in [0.29, 0.717) is 5.75 Å². The summed E-state index contributed by atoms with van der Waals surface area (Å²) in [6.07, 6.45) is 1.89. The summed E-state index contributed by atoms with van der Waals surface area (Å²) in [5, 5.41) is 0.983. The Balaban J connectivity index is 0.000000359. The number of phosphoric acid groups is 1. The maximum atomic E-state index is 12.0. The number of rotatable bonds is 4. The second kappa shape index (κ2) is 8.31. The topological polar surface area (TPSA) is 106 Å². The number of hydrogen-bond donors (Lipinski definition) is 0. The van der Waals surface area contributed by atoms with E-state index in [2.05, 4.69) is 0 Å². The van der Waals surface area contributed by atoms with Crippen LogP contribution in [0.2, 0.25) is 0 Å². The van der Waals surface area contributed by atoms with E-state index in [1.54, 1.807) is 6.07 Å². The number of aromatic nitrogens is 1. The van der Waals surface area contributed by atoms with Crippen LogP contribution in [0.15, 0.2) is 36.5 Å². The van der Waals surface area contributed by atoms with E-state index >= 15 is 0 Å². The zero-order valence-electron chi connectivity index (χ0n) is 13.8. The van der Waals surface area contributed by atoms with Gasteiger partial charge in [-0.2, -0.15) is 17.7 Å². The molecule has 0 unspecified atom stereocenters. The average molecular weight is 417 g/mol. The van der Waals surface area contributed by atoms with Crippen molar-refractivity contribution in [2.45, 2.75) is 5.51 Å². The maximum Gasteiger partial charge on any atom is 0.529 e. The Morgan fingerprint density at radius 3 is 2.08 bits per heavy atom. The van der Waals surface area contributed by atoms with Crippen LogP contribution in [0.4, 0.5) is 13.2 Å². The van der Waals surface area contributed by atoms with Crippen LogP contribution in [0.5, 0.6) is 5.75 Å². The first-order valence-electron chi connectivity index (χ1n) is 6.65. The number of phosphoric ester groups is 1. The van der Waals surface area contributed by atoms with Gasteiger partial charge in [0.1, 0.15) is 7.05 Å². The van der Waals surface area contributed by atoms with Gasteiger partial charge in [-0.05, 0) is 18.2 Å². The predicted octanol–water partition coefficient (Wildman–Crippen LogP) is 2.50. The molecule has 0 aliphatic carbocycles. The van der Waals surface area contributed by atoms with E-state index in [-0.39, 0.29) is 0 Å². The molecule has 1 heterocycles. The van der Waals surface area contributed by atoms with Crippen LogP contribution in [0.1, 0.15) is 0 Å². The lowest BCUT2D eigenvalue weighted by molar-refractivity contribution is -0.645. The molecule has 0 radical (unpaired) electrons. The monoisotopic (exact) mass is 417 g/mol. The lowest BCUT2D eigenvalue weighted by Gasteiger charge is -2.14. The molecule has 13 heteroatoms. The second-order valence-corrected chi connectivity index (χ2v) is 7.80. The summed E-state index contributed by atoms with van der Waals surface area (Å²) in [4.78, 5) is 0. The summed E-state index contributed by atoms with van der Waals surface area (Å²) in [7, 11) is -5.17. The summed E-state index contributed by atoms with van der Waals surface area (Å²) in [6.45, 7) is 0. The number of benzene rings is 1. The highest BCUT2D eigenvalue weighted by atomic mass is 32.2. The molecule has 1 aromatic heterocycles. The van der Waals surface area contributed by atoms with E-state index in [9.17, 15) is 17.7 Å². The summed E-state index contributed by atoms with van der Waals surface area (Å²) in [5.41, 5.74) is -4.82. The molecule has 2 rings (SSSR count). The summed E-state index contributed by atoms with van der Waals surface area (Å²) in [5.74, 6) is 0.461. The van der Waals surface area contributed by atoms with Crippen molar-refractivity contribution < 1.29 is 48.8 Å². The normalized spacial score (nSPS) is 12.4. The number of aryl methyl sites for hydroxylation is 1. The third-order valence-electron chi connectivity index (χ3n) is 2.91. The Morgan fingerprint density at radius 2 is 1.62 bits per heavy atom. The van der Waals surface area contributed by atoms with Gasteiger partial charge in [0.05, 0.1) is 5.39 Å². The van der Waals surface area contributed by atoms with Gasteiger partial charge in [-0.1, -0.05) is 6.07 Å². The molecule has 0 spiro atoms. The molecule has 0 saturated heterocycles. The first kappa shape index (κ1) is 22.3. The number of para-hydroxylation sites is 1. The van der Waals surface area contributed by atoms with Crippen molar-refractivity contribution in [3.8, 4) is 5.75 Å². The number of hydrogen-bond acceptors (Lipinski definition) is 7. The van der Waals surface area contributed by atoms with Gasteiger partial charge in [-0.15, -0.1) is 0 Å². The minimum atomic E-state index is -6.09. The Labute approximate surface area is 147 Å². The minimum absolute atomic E-state index is 0.461. The van der Waals surface area contributed by atoms with Gasteiger partial charge >= 0.3 is 13.3 Å². The molecule has 0 amide bonds. The maximum absolute atomic E-state index is 12.0. The van der Waals surface area contributed by atoms with E-state index in [4.69, 9.17) is 26.5 Å². The first-order valence-corrected chi connectivity index (χ1v) is 9.52. The molecule has 0 bridgehead atoms. The quantitative estimate of drug-likeness (QED) is 0.326. The van der Waals surface area contributed by atoms with Gasteiger partial charge < -0.3 is 9.08 Å².